The van der Waals surface area contributed by atoms with Crippen molar-refractivity contribution in [3.05, 3.63) is 58.1 Å². The second kappa shape index (κ2) is 16.2. The fraction of sp³-hybridized carbons (Fsp3) is 0.786. The monoisotopic (exact) mass is 899 g/mol. The van der Waals surface area contributed by atoms with Crippen molar-refractivity contribution in [2.24, 2.45) is 43.3 Å². The summed E-state index contributed by atoms with van der Waals surface area (Å²) in [6, 6.07) is 13.3. The third-order valence-corrected chi connectivity index (χ3v) is 23.9. The van der Waals surface area contributed by atoms with E-state index in [4.69, 9.17) is 0 Å². The van der Waals surface area contributed by atoms with Gasteiger partial charge in [-0.1, -0.05) is 232 Å². The molecule has 0 saturated carbocycles. The van der Waals surface area contributed by atoms with E-state index in [-0.39, 0.29) is 74.5 Å². The zero-order valence-electron chi connectivity index (χ0n) is 45.6. The van der Waals surface area contributed by atoms with Gasteiger partial charge >= 0.3 is 0 Å². The Morgan fingerprint density at radius 3 is 0.883 bits per heavy atom. The fourth-order valence-electron chi connectivity index (χ4n) is 12.2. The highest BCUT2D eigenvalue weighted by Crippen LogP contribution is 2.70. The Morgan fingerprint density at radius 1 is 0.317 bits per heavy atom. The van der Waals surface area contributed by atoms with Crippen molar-refractivity contribution in [2.75, 3.05) is 0 Å². The first-order valence-electron chi connectivity index (χ1n) is 23.3. The van der Waals surface area contributed by atoms with Crippen LogP contribution in [0.25, 0.3) is 11.1 Å². The lowest BCUT2D eigenvalue weighted by Crippen LogP contribution is -2.51. The van der Waals surface area contributed by atoms with E-state index in [1.54, 1.807) is 0 Å². The number of hydrogen-bond donors (Lipinski definition) is 0. The molecule has 0 nitrogen and oxygen atoms in total. The SMILES string of the molecule is CC(C)(C)PC(c1ccc(-c2cc(C(P)(C(C)(C)C)C(C)(C)C)c(C(P)(C(C)(C)C)C(C)(C)C)cc2C(C)(C)C)c(C(P)(C(C)(C)C)C(C)(C)C)c1)(C(C)(C)C)C(C)(C)C. The molecule has 346 valence electrons. The van der Waals surface area contributed by atoms with E-state index in [2.05, 4.69) is 266 Å². The van der Waals surface area contributed by atoms with E-state index >= 15 is 0 Å². The number of benzene rings is 2. The molecule has 4 heteroatoms. The first-order chi connectivity index (χ1) is 25.7. The highest BCUT2D eigenvalue weighted by atomic mass is 31.1. The van der Waals surface area contributed by atoms with Gasteiger partial charge < -0.3 is 0 Å². The molecule has 60 heavy (non-hydrogen) atoms. The molecule has 0 N–H and O–H groups in total. The largest absolute Gasteiger partial charge is 0.125 e. The van der Waals surface area contributed by atoms with Gasteiger partial charge in [0, 0.05) is 20.6 Å². The lowest BCUT2D eigenvalue weighted by atomic mass is 9.55. The molecule has 0 aromatic heterocycles. The molecular formula is C56H102P4. The average Bonchev–Trinajstić information content (AvgIpc) is 2.96. The Labute approximate surface area is 385 Å². The topological polar surface area (TPSA) is 0 Å². The highest BCUT2D eigenvalue weighted by molar-refractivity contribution is 7.41. The van der Waals surface area contributed by atoms with E-state index in [1.807, 2.05) is 0 Å². The molecule has 0 fully saturated rings. The van der Waals surface area contributed by atoms with Crippen LogP contribution in [0.5, 0.6) is 0 Å². The Kier molecular flexibility index (Phi) is 15.2. The van der Waals surface area contributed by atoms with E-state index in [0.717, 1.165) is 8.58 Å². The smallest absolute Gasteiger partial charge is 0.0227 e. The molecule has 0 saturated heterocycles. The summed E-state index contributed by atoms with van der Waals surface area (Å²) in [6.07, 6.45) is 0. The summed E-state index contributed by atoms with van der Waals surface area (Å²) in [5.74, 6) is 0. The molecule has 0 bridgehead atoms. The number of rotatable bonds is 6. The van der Waals surface area contributed by atoms with Gasteiger partial charge in [-0.3, -0.25) is 0 Å². The molecule has 2 aromatic carbocycles. The standard InChI is InChI=1S/C56H102P4/c1-43(2,3)39-35-42(55(59,48(16,17)18)49(19,20)21)41(54(58,46(10,11)12)47(13,14)15)34-38(39)37-32-31-36(33-40(37)53(57,44(4,5)6)45(7,8)9)56(50(22,23)24,51(25,26)27)60-52(28,29)30/h31-35,60H,57-59H2,1-30H3. The lowest BCUT2D eigenvalue weighted by Gasteiger charge is -2.58. The normalized spacial score (nSPS) is 16.0. The van der Waals surface area contributed by atoms with Gasteiger partial charge in [0.05, 0.1) is 0 Å². The summed E-state index contributed by atoms with van der Waals surface area (Å²) in [6.45, 7) is 74.1. The fourth-order valence-corrected chi connectivity index (χ4v) is 15.1. The lowest BCUT2D eigenvalue weighted by molar-refractivity contribution is 0.118. The van der Waals surface area contributed by atoms with E-state index in [0.29, 0.717) is 0 Å². The van der Waals surface area contributed by atoms with E-state index < -0.39 is 0 Å². The maximum absolute atomic E-state index is 3.55. The maximum atomic E-state index is 3.55. The minimum atomic E-state index is -0.279. The molecule has 0 radical (unpaired) electrons. The van der Waals surface area contributed by atoms with Gasteiger partial charge in [-0.15, -0.1) is 36.3 Å². The Bertz CT molecular complexity index is 1780. The molecule has 0 aliphatic heterocycles. The van der Waals surface area contributed by atoms with Crippen molar-refractivity contribution < 1.29 is 0 Å². The summed E-state index contributed by atoms with van der Waals surface area (Å²) in [4.78, 5) is 0. The maximum Gasteiger partial charge on any atom is 0.0227 e. The molecule has 4 unspecified atom stereocenters. The Balaban J connectivity index is 3.85. The molecule has 0 amide bonds. The van der Waals surface area contributed by atoms with Crippen LogP contribution in [-0.4, -0.2) is 5.16 Å². The van der Waals surface area contributed by atoms with Crippen molar-refractivity contribution in [2.45, 2.75) is 239 Å². The second-order valence-electron chi connectivity index (χ2n) is 29.5. The molecule has 0 spiro atoms. The first kappa shape index (κ1) is 56.3. The number of hydrogen-bond acceptors (Lipinski definition) is 0. The van der Waals surface area contributed by atoms with Crippen LogP contribution in [0.15, 0.2) is 30.3 Å². The molecule has 0 aliphatic rings. The molecule has 2 rings (SSSR count). The first-order valence-corrected chi connectivity index (χ1v) is 26.0. The van der Waals surface area contributed by atoms with Gasteiger partial charge in [0.15, 0.2) is 0 Å². The van der Waals surface area contributed by atoms with Crippen LogP contribution in [0.3, 0.4) is 0 Å². The highest BCUT2D eigenvalue weighted by Gasteiger charge is 2.58. The van der Waals surface area contributed by atoms with Crippen molar-refractivity contribution in [1.82, 2.24) is 0 Å². The van der Waals surface area contributed by atoms with Crippen molar-refractivity contribution in [3.63, 3.8) is 0 Å². The summed E-state index contributed by atoms with van der Waals surface area (Å²) in [5.41, 5.74) is 9.51. The predicted molar refractivity (Wildman–Crippen MR) is 290 cm³/mol. The molecule has 2 aromatic rings. The van der Waals surface area contributed by atoms with Gasteiger partial charge in [-0.2, -0.15) is 0 Å². The molecule has 0 aliphatic carbocycles. The van der Waals surface area contributed by atoms with Gasteiger partial charge in [-0.05, 0) is 98.9 Å². The average molecular weight is 899 g/mol. The molecular weight excluding hydrogens is 797 g/mol. The van der Waals surface area contributed by atoms with Crippen LogP contribution in [0, 0.1) is 43.3 Å². The van der Waals surface area contributed by atoms with Crippen LogP contribution in [0.2, 0.25) is 0 Å². The quantitative estimate of drug-likeness (QED) is 0.254. The Morgan fingerprint density at radius 2 is 0.617 bits per heavy atom. The van der Waals surface area contributed by atoms with Crippen molar-refractivity contribution in [1.29, 1.82) is 0 Å². The third-order valence-electron chi connectivity index (χ3n) is 14.9. The van der Waals surface area contributed by atoms with E-state index in [1.165, 1.54) is 38.9 Å². The molecule has 0 heterocycles. The van der Waals surface area contributed by atoms with Crippen LogP contribution in [0.4, 0.5) is 0 Å². The van der Waals surface area contributed by atoms with Gasteiger partial charge in [0.2, 0.25) is 0 Å². The zero-order chi connectivity index (χ0) is 48.3. The third kappa shape index (κ3) is 9.54. The summed E-state index contributed by atoms with van der Waals surface area (Å²) in [5, 5.41) is -0.720. The summed E-state index contributed by atoms with van der Waals surface area (Å²) >= 11 is 0. The zero-order valence-corrected chi connectivity index (χ0v) is 50.1. The minimum Gasteiger partial charge on any atom is -0.125 e. The van der Waals surface area contributed by atoms with Crippen LogP contribution in [-0.2, 0) is 26.0 Å². The van der Waals surface area contributed by atoms with Crippen molar-refractivity contribution >= 4 is 36.3 Å². The minimum absolute atomic E-state index is 0.00858. The van der Waals surface area contributed by atoms with E-state index in [9.17, 15) is 0 Å². The Hall–Kier alpha value is 0.160. The van der Waals surface area contributed by atoms with Crippen LogP contribution in [0.1, 0.15) is 236 Å². The van der Waals surface area contributed by atoms with Crippen LogP contribution >= 0.6 is 36.3 Å². The summed E-state index contributed by atoms with van der Waals surface area (Å²) < 4.78 is 0. The second-order valence-corrected chi connectivity index (χ2v) is 34.6. The van der Waals surface area contributed by atoms with Crippen LogP contribution < -0.4 is 0 Å². The van der Waals surface area contributed by atoms with Crippen molar-refractivity contribution in [3.8, 4) is 11.1 Å². The van der Waals surface area contributed by atoms with Gasteiger partial charge in [-0.25, -0.2) is 0 Å². The summed E-state index contributed by atoms with van der Waals surface area (Å²) in [7, 11) is 11.3. The molecule has 4 atom stereocenters. The van der Waals surface area contributed by atoms with Gasteiger partial charge in [0.25, 0.3) is 0 Å². The predicted octanol–water partition coefficient (Wildman–Crippen LogP) is 18.9. The van der Waals surface area contributed by atoms with Gasteiger partial charge in [0.1, 0.15) is 0 Å².